The Morgan fingerprint density at radius 3 is 3.11 bits per heavy atom. The Kier molecular flexibility index (Phi) is 2.75. The molecule has 0 saturated heterocycles. The van der Waals surface area contributed by atoms with E-state index in [1.807, 2.05) is 13.1 Å². The summed E-state index contributed by atoms with van der Waals surface area (Å²) in [6.45, 7) is 2.61. The molecule has 3 aromatic rings. The van der Waals surface area contributed by atoms with Gasteiger partial charge in [0, 0.05) is 17.1 Å². The van der Waals surface area contributed by atoms with Gasteiger partial charge in [0.1, 0.15) is 0 Å². The van der Waals surface area contributed by atoms with Crippen LogP contribution in [0.15, 0.2) is 27.5 Å². The third kappa shape index (κ3) is 2.32. The molecule has 0 atom stereocenters. The standard InChI is InChI=1S/C12H12N4O2S/c1-6-14-4-7(19-6)5-15-9-3-10-11(2-8(9)13)18-12(17)16-10/h2-4,15H,5,13H2,1H3,(H,16,17). The minimum Gasteiger partial charge on any atom is -0.408 e. The molecule has 19 heavy (non-hydrogen) atoms. The zero-order chi connectivity index (χ0) is 13.4. The number of nitrogens with zero attached hydrogens (tertiary/aromatic N) is 1. The number of benzene rings is 1. The van der Waals surface area contributed by atoms with Gasteiger partial charge in [0.2, 0.25) is 0 Å². The molecule has 0 bridgehead atoms. The van der Waals surface area contributed by atoms with Crippen LogP contribution in [0.4, 0.5) is 11.4 Å². The highest BCUT2D eigenvalue weighted by Gasteiger charge is 2.07. The first-order valence-electron chi connectivity index (χ1n) is 5.69. The number of aromatic amines is 1. The number of aromatic nitrogens is 2. The molecule has 0 saturated carbocycles. The predicted molar refractivity (Wildman–Crippen MR) is 75.4 cm³/mol. The van der Waals surface area contributed by atoms with Crippen LogP contribution < -0.4 is 16.8 Å². The van der Waals surface area contributed by atoms with E-state index in [4.69, 9.17) is 10.2 Å². The molecular weight excluding hydrogens is 264 g/mol. The largest absolute Gasteiger partial charge is 0.417 e. The summed E-state index contributed by atoms with van der Waals surface area (Å²) in [6, 6.07) is 3.40. The summed E-state index contributed by atoms with van der Waals surface area (Å²) >= 11 is 1.63. The van der Waals surface area contributed by atoms with Gasteiger partial charge in [0.05, 0.1) is 28.4 Å². The highest BCUT2D eigenvalue weighted by atomic mass is 32.1. The lowest BCUT2D eigenvalue weighted by Crippen LogP contribution is -2.01. The Morgan fingerprint density at radius 1 is 1.53 bits per heavy atom. The van der Waals surface area contributed by atoms with Gasteiger partial charge >= 0.3 is 5.76 Å². The predicted octanol–water partition coefficient (Wildman–Crippen LogP) is 2.08. The van der Waals surface area contributed by atoms with Crippen molar-refractivity contribution in [2.45, 2.75) is 13.5 Å². The lowest BCUT2D eigenvalue weighted by Gasteiger charge is -2.07. The van der Waals surface area contributed by atoms with E-state index in [1.54, 1.807) is 23.5 Å². The number of hydrogen-bond acceptors (Lipinski definition) is 6. The topological polar surface area (TPSA) is 96.9 Å². The normalized spacial score (nSPS) is 11.0. The number of H-pyrrole nitrogens is 1. The second kappa shape index (κ2) is 4.43. The quantitative estimate of drug-likeness (QED) is 0.636. The number of nitrogens with one attached hydrogen (secondary N) is 2. The molecule has 0 radical (unpaired) electrons. The molecule has 98 valence electrons. The van der Waals surface area contributed by atoms with Gasteiger partial charge < -0.3 is 15.5 Å². The second-order valence-corrected chi connectivity index (χ2v) is 5.47. The lowest BCUT2D eigenvalue weighted by molar-refractivity contribution is 0.555. The highest BCUT2D eigenvalue weighted by molar-refractivity contribution is 7.11. The summed E-state index contributed by atoms with van der Waals surface area (Å²) in [5, 5.41) is 4.25. The third-order valence-corrected chi connectivity index (χ3v) is 3.63. The van der Waals surface area contributed by atoms with Crippen molar-refractivity contribution in [3.63, 3.8) is 0 Å². The van der Waals surface area contributed by atoms with Crippen LogP contribution in [0.2, 0.25) is 0 Å². The minimum atomic E-state index is -0.482. The molecule has 1 aromatic carbocycles. The highest BCUT2D eigenvalue weighted by Crippen LogP contribution is 2.25. The molecule has 0 aliphatic rings. The summed E-state index contributed by atoms with van der Waals surface area (Å²) in [7, 11) is 0. The Hall–Kier alpha value is -2.28. The van der Waals surface area contributed by atoms with Crippen molar-refractivity contribution in [2.24, 2.45) is 0 Å². The van der Waals surface area contributed by atoms with E-state index in [2.05, 4.69) is 15.3 Å². The number of anilines is 2. The van der Waals surface area contributed by atoms with Crippen LogP contribution in [0.3, 0.4) is 0 Å². The van der Waals surface area contributed by atoms with Crippen molar-refractivity contribution >= 4 is 33.8 Å². The van der Waals surface area contributed by atoms with E-state index in [-0.39, 0.29) is 0 Å². The number of nitrogen functional groups attached to an aromatic ring is 1. The fourth-order valence-electron chi connectivity index (χ4n) is 1.84. The van der Waals surface area contributed by atoms with Gasteiger partial charge in [0.25, 0.3) is 0 Å². The SMILES string of the molecule is Cc1ncc(CNc2cc3[nH]c(=O)oc3cc2N)s1. The summed E-state index contributed by atoms with van der Waals surface area (Å²) in [6.07, 6.45) is 1.83. The molecule has 2 heterocycles. The number of rotatable bonds is 3. The molecule has 0 fully saturated rings. The van der Waals surface area contributed by atoms with Gasteiger partial charge in [-0.15, -0.1) is 11.3 Å². The van der Waals surface area contributed by atoms with Crippen molar-refractivity contribution in [1.82, 2.24) is 9.97 Å². The number of thiazole rings is 1. The average Bonchev–Trinajstić information content (AvgIpc) is 2.91. The molecule has 4 N–H and O–H groups in total. The fourth-order valence-corrected chi connectivity index (χ4v) is 2.57. The zero-order valence-corrected chi connectivity index (χ0v) is 11.0. The van der Waals surface area contributed by atoms with Crippen LogP contribution in [0.5, 0.6) is 0 Å². The molecule has 0 unspecified atom stereocenters. The summed E-state index contributed by atoms with van der Waals surface area (Å²) in [5.41, 5.74) is 8.30. The molecule has 0 amide bonds. The Morgan fingerprint density at radius 2 is 2.37 bits per heavy atom. The van der Waals surface area contributed by atoms with E-state index in [0.29, 0.717) is 23.3 Å². The van der Waals surface area contributed by atoms with Crippen molar-refractivity contribution < 1.29 is 4.42 Å². The maximum absolute atomic E-state index is 11.1. The molecule has 0 spiro atoms. The van der Waals surface area contributed by atoms with E-state index in [9.17, 15) is 4.79 Å². The van der Waals surface area contributed by atoms with Gasteiger partial charge in [-0.1, -0.05) is 0 Å². The van der Waals surface area contributed by atoms with Gasteiger partial charge in [-0.05, 0) is 13.0 Å². The third-order valence-electron chi connectivity index (χ3n) is 2.71. The van der Waals surface area contributed by atoms with E-state index in [0.717, 1.165) is 15.6 Å². The van der Waals surface area contributed by atoms with Gasteiger partial charge in [-0.2, -0.15) is 0 Å². The smallest absolute Gasteiger partial charge is 0.408 e. The van der Waals surface area contributed by atoms with Gasteiger partial charge in [0.15, 0.2) is 5.58 Å². The maximum atomic E-state index is 11.1. The number of fused-ring (bicyclic) bond motifs is 1. The minimum absolute atomic E-state index is 0.460. The summed E-state index contributed by atoms with van der Waals surface area (Å²) < 4.78 is 4.94. The van der Waals surface area contributed by atoms with Gasteiger partial charge in [-0.25, -0.2) is 9.78 Å². The van der Waals surface area contributed by atoms with Crippen molar-refractivity contribution in [3.05, 3.63) is 38.8 Å². The fraction of sp³-hybridized carbons (Fsp3) is 0.167. The van der Waals surface area contributed by atoms with Crippen LogP contribution in [0.25, 0.3) is 11.1 Å². The molecule has 0 aliphatic carbocycles. The van der Waals surface area contributed by atoms with Gasteiger partial charge in [-0.3, -0.25) is 4.98 Å². The monoisotopic (exact) mass is 276 g/mol. The lowest BCUT2D eigenvalue weighted by atomic mass is 10.2. The Bertz CT molecular complexity index is 786. The molecule has 7 heteroatoms. The zero-order valence-electron chi connectivity index (χ0n) is 10.2. The Labute approximate surface area is 112 Å². The van der Waals surface area contributed by atoms with E-state index < -0.39 is 5.76 Å². The maximum Gasteiger partial charge on any atom is 0.417 e. The molecule has 2 aromatic heterocycles. The molecule has 3 rings (SSSR count). The van der Waals surface area contributed by atoms with Crippen molar-refractivity contribution in [1.29, 1.82) is 0 Å². The van der Waals surface area contributed by atoms with Crippen LogP contribution in [0, 0.1) is 6.92 Å². The summed E-state index contributed by atoms with van der Waals surface area (Å²) in [4.78, 5) is 19.0. The molecule has 6 nitrogen and oxygen atoms in total. The van der Waals surface area contributed by atoms with Crippen LogP contribution >= 0.6 is 11.3 Å². The molecule has 0 aliphatic heterocycles. The molecular formula is C12H12N4O2S. The number of aryl methyl sites for hydroxylation is 1. The van der Waals surface area contributed by atoms with Crippen molar-refractivity contribution in [2.75, 3.05) is 11.1 Å². The van der Waals surface area contributed by atoms with Crippen LogP contribution in [0.1, 0.15) is 9.88 Å². The number of nitrogens with two attached hydrogens (primary N) is 1. The van der Waals surface area contributed by atoms with Crippen LogP contribution in [-0.2, 0) is 6.54 Å². The number of hydrogen-bond donors (Lipinski definition) is 3. The van der Waals surface area contributed by atoms with Crippen LogP contribution in [-0.4, -0.2) is 9.97 Å². The second-order valence-electron chi connectivity index (χ2n) is 4.15. The van der Waals surface area contributed by atoms with E-state index in [1.165, 1.54) is 0 Å². The Balaban J connectivity index is 1.87. The average molecular weight is 276 g/mol. The van der Waals surface area contributed by atoms with E-state index >= 15 is 0 Å². The first-order chi connectivity index (χ1) is 9.11. The first-order valence-corrected chi connectivity index (χ1v) is 6.51. The summed E-state index contributed by atoms with van der Waals surface area (Å²) in [5.74, 6) is -0.482. The first kappa shape index (κ1) is 11.8. The van der Waals surface area contributed by atoms with Crippen molar-refractivity contribution in [3.8, 4) is 0 Å². The number of oxazole rings is 1.